The fourth-order valence-electron chi connectivity index (χ4n) is 2.58. The Bertz CT molecular complexity index is 768. The highest BCUT2D eigenvalue weighted by molar-refractivity contribution is 6.01. The molecule has 0 aliphatic carbocycles. The van der Waals surface area contributed by atoms with Crippen LogP contribution in [0.15, 0.2) is 65.8 Å². The Kier molecular flexibility index (Phi) is 9.48. The van der Waals surface area contributed by atoms with Crippen molar-refractivity contribution in [3.63, 3.8) is 0 Å². The van der Waals surface area contributed by atoms with Crippen molar-refractivity contribution in [3.8, 4) is 0 Å². The number of hydrogen-bond donors (Lipinski definition) is 1. The van der Waals surface area contributed by atoms with Crippen LogP contribution in [0.3, 0.4) is 0 Å². The summed E-state index contributed by atoms with van der Waals surface area (Å²) in [6, 6.07) is 17.4. The number of rotatable bonds is 7. The highest BCUT2D eigenvalue weighted by atomic mass is 35.5. The Morgan fingerprint density at radius 2 is 1.74 bits per heavy atom. The van der Waals surface area contributed by atoms with Crippen LogP contribution in [0, 0.1) is 12.8 Å². The van der Waals surface area contributed by atoms with Crippen LogP contribution in [0.2, 0.25) is 0 Å². The van der Waals surface area contributed by atoms with Crippen molar-refractivity contribution >= 4 is 30.1 Å². The summed E-state index contributed by atoms with van der Waals surface area (Å²) in [7, 11) is 4.06. The van der Waals surface area contributed by atoms with Gasteiger partial charge in [-0.1, -0.05) is 61.0 Å². The first-order chi connectivity index (χ1) is 12.5. The van der Waals surface area contributed by atoms with Crippen molar-refractivity contribution in [3.05, 3.63) is 77.4 Å². The number of aryl methyl sites for hydroxylation is 1. The van der Waals surface area contributed by atoms with E-state index in [0.717, 1.165) is 17.8 Å². The Labute approximate surface area is 168 Å². The quantitative estimate of drug-likeness (QED) is 0.566. The van der Waals surface area contributed by atoms with E-state index in [0.29, 0.717) is 5.56 Å². The fraction of sp³-hybridized carbons (Fsp3) is 0.273. The van der Waals surface area contributed by atoms with Crippen LogP contribution in [0.5, 0.6) is 0 Å². The highest BCUT2D eigenvalue weighted by Crippen LogP contribution is 2.08. The number of nitrogens with one attached hydrogen (secondary N) is 1. The van der Waals surface area contributed by atoms with E-state index in [9.17, 15) is 4.79 Å². The lowest BCUT2D eigenvalue weighted by Gasteiger charge is -2.17. The molecule has 2 aromatic carbocycles. The first-order valence-corrected chi connectivity index (χ1v) is 8.78. The van der Waals surface area contributed by atoms with Gasteiger partial charge in [0, 0.05) is 18.0 Å². The second kappa shape index (κ2) is 11.3. The fourth-order valence-corrected chi connectivity index (χ4v) is 2.58. The second-order valence-electron chi connectivity index (χ2n) is 6.75. The number of nitrogens with zero attached hydrogens (tertiary/aromatic N) is 2. The molecule has 1 unspecified atom stereocenters. The molecule has 0 aliphatic heterocycles. The molecule has 0 aliphatic rings. The maximum atomic E-state index is 12.3. The molecule has 0 radical (unpaired) electrons. The van der Waals surface area contributed by atoms with E-state index in [2.05, 4.69) is 53.5 Å². The van der Waals surface area contributed by atoms with Gasteiger partial charge < -0.3 is 4.90 Å². The molecule has 1 amide bonds. The maximum Gasteiger partial charge on any atom is 0.271 e. The van der Waals surface area contributed by atoms with Gasteiger partial charge in [-0.25, -0.2) is 5.43 Å². The molecule has 2 aromatic rings. The SMILES string of the molecule is Cc1ccc(C=CC(=NNC(=O)c2ccccc2)C(C)CN(C)C)cc1.Cl. The van der Waals surface area contributed by atoms with E-state index in [-0.39, 0.29) is 24.2 Å². The van der Waals surface area contributed by atoms with Crippen molar-refractivity contribution in [1.29, 1.82) is 0 Å². The van der Waals surface area contributed by atoms with Gasteiger partial charge in [0.2, 0.25) is 0 Å². The molecule has 0 spiro atoms. The lowest BCUT2D eigenvalue weighted by molar-refractivity contribution is 0.0954. The summed E-state index contributed by atoms with van der Waals surface area (Å²) in [5.74, 6) is -0.0216. The van der Waals surface area contributed by atoms with Crippen molar-refractivity contribution < 1.29 is 4.79 Å². The highest BCUT2D eigenvalue weighted by Gasteiger charge is 2.11. The van der Waals surface area contributed by atoms with Crippen LogP contribution in [-0.2, 0) is 0 Å². The number of halogens is 1. The number of carbonyl (C=O) groups excluding carboxylic acids is 1. The van der Waals surface area contributed by atoms with Crippen LogP contribution in [0.4, 0.5) is 0 Å². The third-order valence-electron chi connectivity index (χ3n) is 3.99. The van der Waals surface area contributed by atoms with E-state index in [1.54, 1.807) is 12.1 Å². The largest absolute Gasteiger partial charge is 0.309 e. The lowest BCUT2D eigenvalue weighted by atomic mass is 10.0. The van der Waals surface area contributed by atoms with Crippen molar-refractivity contribution in [2.24, 2.45) is 11.0 Å². The van der Waals surface area contributed by atoms with E-state index in [4.69, 9.17) is 0 Å². The summed E-state index contributed by atoms with van der Waals surface area (Å²) in [5.41, 5.74) is 6.45. The molecule has 5 heteroatoms. The predicted molar refractivity (Wildman–Crippen MR) is 117 cm³/mol. The topological polar surface area (TPSA) is 44.7 Å². The van der Waals surface area contributed by atoms with Crippen molar-refractivity contribution in [2.45, 2.75) is 13.8 Å². The standard InChI is InChI=1S/C22H27N3O.ClH/c1-17-10-12-19(13-11-17)14-15-21(18(2)16-25(3)4)23-24-22(26)20-8-6-5-7-9-20;/h5-15,18H,16H2,1-4H3,(H,24,26);1H. The van der Waals surface area contributed by atoms with Gasteiger partial charge in [-0.2, -0.15) is 5.10 Å². The maximum absolute atomic E-state index is 12.3. The Balaban J connectivity index is 0.00000364. The van der Waals surface area contributed by atoms with Gasteiger partial charge in [-0.05, 0) is 44.8 Å². The van der Waals surface area contributed by atoms with Crippen molar-refractivity contribution in [2.75, 3.05) is 20.6 Å². The van der Waals surface area contributed by atoms with Gasteiger partial charge in [0.25, 0.3) is 5.91 Å². The molecule has 1 atom stereocenters. The molecule has 1 N–H and O–H groups in total. The number of benzene rings is 2. The summed E-state index contributed by atoms with van der Waals surface area (Å²) < 4.78 is 0. The molecule has 27 heavy (non-hydrogen) atoms. The molecule has 0 saturated carbocycles. The first-order valence-electron chi connectivity index (χ1n) is 8.78. The van der Waals surface area contributed by atoms with E-state index >= 15 is 0 Å². The van der Waals surface area contributed by atoms with Crippen LogP contribution in [-0.4, -0.2) is 37.2 Å². The average Bonchev–Trinajstić information content (AvgIpc) is 2.63. The second-order valence-corrected chi connectivity index (χ2v) is 6.75. The predicted octanol–water partition coefficient (Wildman–Crippen LogP) is 4.41. The minimum atomic E-state index is -0.205. The Morgan fingerprint density at radius 1 is 1.11 bits per heavy atom. The summed E-state index contributed by atoms with van der Waals surface area (Å²) in [5, 5.41) is 4.39. The van der Waals surface area contributed by atoms with Crippen molar-refractivity contribution in [1.82, 2.24) is 10.3 Å². The van der Waals surface area contributed by atoms with Gasteiger partial charge in [0.15, 0.2) is 0 Å². The zero-order chi connectivity index (χ0) is 18.9. The number of hydrazone groups is 1. The Hall–Kier alpha value is -2.43. The first kappa shape index (κ1) is 22.6. The third-order valence-corrected chi connectivity index (χ3v) is 3.99. The molecular weight excluding hydrogens is 358 g/mol. The number of carbonyl (C=O) groups is 1. The van der Waals surface area contributed by atoms with E-state index in [1.807, 2.05) is 44.4 Å². The van der Waals surface area contributed by atoms with Gasteiger partial charge in [0.05, 0.1) is 5.71 Å². The van der Waals surface area contributed by atoms with Crippen LogP contribution in [0.25, 0.3) is 6.08 Å². The zero-order valence-corrected chi connectivity index (χ0v) is 17.2. The van der Waals surface area contributed by atoms with Crippen LogP contribution in [0.1, 0.15) is 28.4 Å². The van der Waals surface area contributed by atoms with Gasteiger partial charge in [-0.3, -0.25) is 4.79 Å². The molecule has 0 saturated heterocycles. The summed E-state index contributed by atoms with van der Waals surface area (Å²) in [4.78, 5) is 14.4. The zero-order valence-electron chi connectivity index (χ0n) is 16.3. The molecule has 0 aromatic heterocycles. The molecule has 0 fully saturated rings. The van der Waals surface area contributed by atoms with E-state index < -0.39 is 0 Å². The van der Waals surface area contributed by atoms with Gasteiger partial charge in [-0.15, -0.1) is 12.4 Å². The number of allylic oxidation sites excluding steroid dienone is 1. The molecule has 144 valence electrons. The monoisotopic (exact) mass is 385 g/mol. The smallest absolute Gasteiger partial charge is 0.271 e. The average molecular weight is 386 g/mol. The molecular formula is C22H28ClN3O. The van der Waals surface area contributed by atoms with Crippen LogP contribution < -0.4 is 5.43 Å². The van der Waals surface area contributed by atoms with E-state index in [1.165, 1.54) is 5.56 Å². The molecule has 4 nitrogen and oxygen atoms in total. The van der Waals surface area contributed by atoms with Gasteiger partial charge in [0.1, 0.15) is 0 Å². The van der Waals surface area contributed by atoms with Gasteiger partial charge >= 0.3 is 0 Å². The minimum absolute atomic E-state index is 0. The molecule has 0 heterocycles. The lowest BCUT2D eigenvalue weighted by Crippen LogP contribution is -2.27. The summed E-state index contributed by atoms with van der Waals surface area (Å²) in [6.07, 6.45) is 4.00. The minimum Gasteiger partial charge on any atom is -0.309 e. The summed E-state index contributed by atoms with van der Waals surface area (Å²) >= 11 is 0. The van der Waals surface area contributed by atoms with Crippen LogP contribution >= 0.6 is 12.4 Å². The molecule has 2 rings (SSSR count). The third kappa shape index (κ3) is 7.77. The number of amides is 1. The Morgan fingerprint density at radius 3 is 2.33 bits per heavy atom. The normalized spacial score (nSPS) is 12.7. The summed E-state index contributed by atoms with van der Waals surface area (Å²) in [6.45, 7) is 5.02. The number of hydrogen-bond acceptors (Lipinski definition) is 3. The molecule has 0 bridgehead atoms.